The summed E-state index contributed by atoms with van der Waals surface area (Å²) < 4.78 is 1.85. The number of nitrogens with zero attached hydrogens (tertiary/aromatic N) is 1. The van der Waals surface area contributed by atoms with Crippen molar-refractivity contribution >= 4 is 11.5 Å². The van der Waals surface area contributed by atoms with Crippen LogP contribution in [0, 0.1) is 13.8 Å². The Morgan fingerprint density at radius 2 is 1.74 bits per heavy atom. The summed E-state index contributed by atoms with van der Waals surface area (Å²) in [5, 5.41) is 9.50. The molecular formula is C20H19NO2. The molecule has 4 rings (SSSR count). The smallest absolute Gasteiger partial charge is 0.353 e. The van der Waals surface area contributed by atoms with Crippen LogP contribution in [0.1, 0.15) is 51.0 Å². The first kappa shape index (κ1) is 14.1. The van der Waals surface area contributed by atoms with Crippen LogP contribution >= 0.6 is 0 Å². The molecule has 0 saturated heterocycles. The Labute approximate surface area is 135 Å². The van der Waals surface area contributed by atoms with Gasteiger partial charge in [-0.2, -0.15) is 0 Å². The number of aryl methyl sites for hydroxylation is 2. The molecule has 0 bridgehead atoms. The second kappa shape index (κ2) is 4.98. The molecule has 3 heteroatoms. The van der Waals surface area contributed by atoms with E-state index in [0.29, 0.717) is 17.5 Å². The largest absolute Gasteiger partial charge is 0.477 e. The van der Waals surface area contributed by atoms with Gasteiger partial charge in [0.25, 0.3) is 0 Å². The number of aromatic nitrogens is 1. The molecule has 1 aromatic carbocycles. The maximum absolute atomic E-state index is 11.6. The number of pyridine rings is 1. The maximum atomic E-state index is 11.6. The van der Waals surface area contributed by atoms with E-state index in [1.807, 2.05) is 29.7 Å². The van der Waals surface area contributed by atoms with Crippen LogP contribution in [0.5, 0.6) is 0 Å². The highest BCUT2D eigenvalue weighted by Gasteiger charge is 2.39. The molecule has 0 aliphatic heterocycles. The SMILES string of the molecule is Cc1cc2c(C)cc(C3CC3c3ccccc3)cn2c1C(=O)O. The molecule has 2 atom stereocenters. The highest BCUT2D eigenvalue weighted by molar-refractivity contribution is 5.90. The zero-order chi connectivity index (χ0) is 16.1. The Balaban J connectivity index is 1.78. The van der Waals surface area contributed by atoms with E-state index in [9.17, 15) is 9.90 Å². The molecular weight excluding hydrogens is 286 g/mol. The van der Waals surface area contributed by atoms with E-state index in [-0.39, 0.29) is 0 Å². The van der Waals surface area contributed by atoms with Crippen LogP contribution in [0.3, 0.4) is 0 Å². The summed E-state index contributed by atoms with van der Waals surface area (Å²) in [6.45, 7) is 3.92. The molecule has 2 heterocycles. The van der Waals surface area contributed by atoms with Gasteiger partial charge < -0.3 is 9.51 Å². The molecule has 116 valence electrons. The lowest BCUT2D eigenvalue weighted by molar-refractivity contribution is 0.0688. The van der Waals surface area contributed by atoms with Gasteiger partial charge in [0.2, 0.25) is 0 Å². The van der Waals surface area contributed by atoms with Crippen LogP contribution < -0.4 is 0 Å². The molecule has 1 aliphatic carbocycles. The molecule has 23 heavy (non-hydrogen) atoms. The fraction of sp³-hybridized carbons (Fsp3) is 0.250. The van der Waals surface area contributed by atoms with Crippen molar-refractivity contribution in [2.24, 2.45) is 0 Å². The molecule has 1 N–H and O–H groups in total. The van der Waals surface area contributed by atoms with Crippen molar-refractivity contribution in [3.8, 4) is 0 Å². The third-order valence-electron chi connectivity index (χ3n) is 4.94. The van der Waals surface area contributed by atoms with Crippen molar-refractivity contribution in [1.82, 2.24) is 4.40 Å². The fourth-order valence-corrected chi connectivity index (χ4v) is 3.71. The highest BCUT2D eigenvalue weighted by Crippen LogP contribution is 2.54. The Morgan fingerprint density at radius 1 is 1.04 bits per heavy atom. The fourth-order valence-electron chi connectivity index (χ4n) is 3.71. The number of rotatable bonds is 3. The van der Waals surface area contributed by atoms with Gasteiger partial charge in [-0.15, -0.1) is 0 Å². The molecule has 1 fully saturated rings. The lowest BCUT2D eigenvalue weighted by Crippen LogP contribution is -2.04. The predicted octanol–water partition coefficient (Wildman–Crippen LogP) is 4.53. The molecule has 0 spiro atoms. The van der Waals surface area contributed by atoms with E-state index >= 15 is 0 Å². The lowest BCUT2D eigenvalue weighted by atomic mass is 10.0. The summed E-state index contributed by atoms with van der Waals surface area (Å²) in [7, 11) is 0. The topological polar surface area (TPSA) is 41.7 Å². The Morgan fingerprint density at radius 3 is 2.43 bits per heavy atom. The zero-order valence-electron chi connectivity index (χ0n) is 13.3. The summed E-state index contributed by atoms with van der Waals surface area (Å²) in [6, 6.07) is 14.7. The number of aromatic carboxylic acids is 1. The summed E-state index contributed by atoms with van der Waals surface area (Å²) >= 11 is 0. The lowest BCUT2D eigenvalue weighted by Gasteiger charge is -2.08. The van der Waals surface area contributed by atoms with Crippen LogP contribution in [0.25, 0.3) is 5.52 Å². The third kappa shape index (κ3) is 2.24. The van der Waals surface area contributed by atoms with Crippen molar-refractivity contribution < 1.29 is 9.90 Å². The average molecular weight is 305 g/mol. The molecule has 1 aliphatic rings. The van der Waals surface area contributed by atoms with Crippen molar-refractivity contribution in [2.75, 3.05) is 0 Å². The number of hydrogen-bond acceptors (Lipinski definition) is 1. The van der Waals surface area contributed by atoms with E-state index < -0.39 is 5.97 Å². The number of carboxylic acid groups (broad SMARTS) is 1. The first-order chi connectivity index (χ1) is 11.1. The third-order valence-corrected chi connectivity index (χ3v) is 4.94. The van der Waals surface area contributed by atoms with Gasteiger partial charge in [0, 0.05) is 11.7 Å². The van der Waals surface area contributed by atoms with E-state index in [4.69, 9.17) is 0 Å². The highest BCUT2D eigenvalue weighted by atomic mass is 16.4. The van der Waals surface area contributed by atoms with Crippen LogP contribution in [-0.2, 0) is 0 Å². The minimum atomic E-state index is -0.866. The second-order valence-electron chi connectivity index (χ2n) is 6.55. The summed E-state index contributed by atoms with van der Waals surface area (Å²) in [5.41, 5.74) is 5.92. The van der Waals surface area contributed by atoms with E-state index in [1.54, 1.807) is 0 Å². The van der Waals surface area contributed by atoms with Gasteiger partial charge >= 0.3 is 5.97 Å². The van der Waals surface area contributed by atoms with Gasteiger partial charge in [-0.05, 0) is 60.4 Å². The van der Waals surface area contributed by atoms with Crippen molar-refractivity contribution in [3.63, 3.8) is 0 Å². The summed E-state index contributed by atoms with van der Waals surface area (Å²) in [6.07, 6.45) is 3.16. The number of benzene rings is 1. The average Bonchev–Trinajstić information content (AvgIpc) is 3.25. The van der Waals surface area contributed by atoms with Gasteiger partial charge in [0.1, 0.15) is 5.69 Å². The van der Waals surface area contributed by atoms with Crippen LogP contribution in [0.15, 0.2) is 48.7 Å². The van der Waals surface area contributed by atoms with Crippen LogP contribution in [0.2, 0.25) is 0 Å². The van der Waals surface area contributed by atoms with E-state index in [1.165, 1.54) is 11.1 Å². The van der Waals surface area contributed by atoms with Gasteiger partial charge in [0.05, 0.1) is 0 Å². The molecule has 3 aromatic rings. The summed E-state index contributed by atoms with van der Waals surface area (Å²) in [5.74, 6) is 0.178. The monoisotopic (exact) mass is 305 g/mol. The van der Waals surface area contributed by atoms with Crippen molar-refractivity contribution in [2.45, 2.75) is 32.1 Å². The standard InChI is InChI=1S/C20H19NO2/c1-12-8-15(17-10-16(17)14-6-4-3-5-7-14)11-21-18(12)9-13(2)19(21)20(22)23/h3-9,11,16-17H,10H2,1-2H3,(H,22,23). The number of fused-ring (bicyclic) bond motifs is 1. The maximum Gasteiger partial charge on any atom is 0.353 e. The normalized spacial score (nSPS) is 19.9. The number of carbonyl (C=O) groups is 1. The zero-order valence-corrected chi connectivity index (χ0v) is 13.3. The van der Waals surface area contributed by atoms with Crippen molar-refractivity contribution in [1.29, 1.82) is 0 Å². The number of carboxylic acids is 1. The molecule has 0 amide bonds. The van der Waals surface area contributed by atoms with Crippen LogP contribution in [0.4, 0.5) is 0 Å². The molecule has 2 unspecified atom stereocenters. The first-order valence-corrected chi connectivity index (χ1v) is 7.96. The quantitative estimate of drug-likeness (QED) is 0.772. The van der Waals surface area contributed by atoms with Gasteiger partial charge in [-0.3, -0.25) is 0 Å². The van der Waals surface area contributed by atoms with Crippen LogP contribution in [-0.4, -0.2) is 15.5 Å². The van der Waals surface area contributed by atoms with Gasteiger partial charge in [-0.1, -0.05) is 36.4 Å². The minimum Gasteiger partial charge on any atom is -0.477 e. The Bertz CT molecular complexity index is 908. The number of hydrogen-bond donors (Lipinski definition) is 1. The van der Waals surface area contributed by atoms with Gasteiger partial charge in [-0.25, -0.2) is 4.79 Å². The Kier molecular flexibility index (Phi) is 3.05. The molecule has 1 saturated carbocycles. The minimum absolute atomic E-state index is 0.377. The van der Waals surface area contributed by atoms with Crippen molar-refractivity contribution in [3.05, 3.63) is 76.6 Å². The second-order valence-corrected chi connectivity index (χ2v) is 6.55. The molecule has 2 aromatic heterocycles. The molecule has 3 nitrogen and oxygen atoms in total. The van der Waals surface area contributed by atoms with Gasteiger partial charge in [0.15, 0.2) is 0 Å². The first-order valence-electron chi connectivity index (χ1n) is 7.96. The van der Waals surface area contributed by atoms with E-state index in [0.717, 1.165) is 23.1 Å². The predicted molar refractivity (Wildman–Crippen MR) is 90.4 cm³/mol. The Hall–Kier alpha value is -2.55. The molecule has 0 radical (unpaired) electrons. The van der Waals surface area contributed by atoms with E-state index in [2.05, 4.69) is 37.3 Å². The summed E-state index contributed by atoms with van der Waals surface area (Å²) in [4.78, 5) is 11.6.